The summed E-state index contributed by atoms with van der Waals surface area (Å²) in [7, 11) is -3.16. The Balaban J connectivity index is 2.56. The zero-order chi connectivity index (χ0) is 11.1. The second-order valence-electron chi connectivity index (χ2n) is 4.08. The van der Waals surface area contributed by atoms with Crippen LogP contribution in [0.1, 0.15) is 18.9 Å². The van der Waals surface area contributed by atoms with Crippen molar-refractivity contribution in [1.82, 2.24) is 0 Å². The van der Waals surface area contributed by atoms with Gasteiger partial charge in [0.2, 0.25) is 10.0 Å². The summed E-state index contributed by atoms with van der Waals surface area (Å²) in [6.07, 6.45) is 3.12. The fourth-order valence-corrected chi connectivity index (χ4v) is 3.46. The van der Waals surface area contributed by atoms with Gasteiger partial charge in [-0.05, 0) is 31.4 Å². The minimum atomic E-state index is -3.16. The molecule has 0 saturated carbocycles. The summed E-state index contributed by atoms with van der Waals surface area (Å²) < 4.78 is 24.9. The molecule has 1 aromatic rings. The lowest BCUT2D eigenvalue weighted by atomic mass is 9.99. The van der Waals surface area contributed by atoms with Crippen molar-refractivity contribution < 1.29 is 8.42 Å². The van der Waals surface area contributed by atoms with Gasteiger partial charge in [0.1, 0.15) is 0 Å². The first-order valence-electron chi connectivity index (χ1n) is 5.07. The monoisotopic (exact) mass is 225 g/mol. The third-order valence-electron chi connectivity index (χ3n) is 2.82. The highest BCUT2D eigenvalue weighted by Crippen LogP contribution is 2.32. The van der Waals surface area contributed by atoms with Gasteiger partial charge in [0, 0.05) is 6.04 Å². The normalized spacial score (nSPS) is 21.2. The van der Waals surface area contributed by atoms with Crippen LogP contribution in [0, 0.1) is 0 Å². The minimum absolute atomic E-state index is 0.0647. The lowest BCUT2D eigenvalue weighted by Gasteiger charge is -2.34. The average Bonchev–Trinajstić information content (AvgIpc) is 2.15. The smallest absolute Gasteiger partial charge is 0.232 e. The Hall–Kier alpha value is -1.03. The molecule has 82 valence electrons. The van der Waals surface area contributed by atoms with Crippen LogP contribution in [0.25, 0.3) is 0 Å². The van der Waals surface area contributed by atoms with Crippen LogP contribution in [-0.4, -0.2) is 20.7 Å². The molecule has 0 fully saturated rings. The number of sulfonamides is 1. The average molecular weight is 225 g/mol. The van der Waals surface area contributed by atoms with Gasteiger partial charge in [-0.3, -0.25) is 4.31 Å². The van der Waals surface area contributed by atoms with Crippen molar-refractivity contribution in [1.29, 1.82) is 0 Å². The van der Waals surface area contributed by atoms with E-state index in [1.807, 2.05) is 31.2 Å². The van der Waals surface area contributed by atoms with Crippen molar-refractivity contribution in [3.05, 3.63) is 29.8 Å². The molecule has 0 unspecified atom stereocenters. The van der Waals surface area contributed by atoms with Crippen LogP contribution < -0.4 is 4.31 Å². The minimum Gasteiger partial charge on any atom is -0.267 e. The Morgan fingerprint density at radius 3 is 2.67 bits per heavy atom. The topological polar surface area (TPSA) is 37.4 Å². The molecule has 0 bridgehead atoms. The fraction of sp³-hybridized carbons (Fsp3) is 0.455. The second-order valence-corrected chi connectivity index (χ2v) is 5.93. The van der Waals surface area contributed by atoms with Gasteiger partial charge in [-0.25, -0.2) is 8.42 Å². The molecule has 1 heterocycles. The maximum atomic E-state index is 11.7. The fourth-order valence-electron chi connectivity index (χ4n) is 2.16. The molecule has 0 saturated heterocycles. The molecule has 15 heavy (non-hydrogen) atoms. The van der Waals surface area contributed by atoms with Crippen molar-refractivity contribution >= 4 is 15.7 Å². The summed E-state index contributed by atoms with van der Waals surface area (Å²) >= 11 is 0. The summed E-state index contributed by atoms with van der Waals surface area (Å²) in [5, 5.41) is 0. The zero-order valence-electron chi connectivity index (χ0n) is 8.97. The van der Waals surface area contributed by atoms with Gasteiger partial charge in [0.25, 0.3) is 0 Å². The van der Waals surface area contributed by atoms with E-state index in [2.05, 4.69) is 0 Å². The molecule has 0 spiro atoms. The standard InChI is InChI=1S/C11H15NO2S/c1-9-7-8-10-5-3-4-6-11(10)12(9)15(2,13)14/h3-6,9H,7-8H2,1-2H3/t9-/m1/s1. The molecule has 0 N–H and O–H groups in total. The Labute approximate surface area is 90.8 Å². The van der Waals surface area contributed by atoms with Gasteiger partial charge in [-0.15, -0.1) is 0 Å². The molecule has 1 aromatic carbocycles. The van der Waals surface area contributed by atoms with Crippen LogP contribution in [-0.2, 0) is 16.4 Å². The van der Waals surface area contributed by atoms with Gasteiger partial charge < -0.3 is 0 Å². The van der Waals surface area contributed by atoms with Crippen molar-refractivity contribution in [3.63, 3.8) is 0 Å². The third kappa shape index (κ3) is 1.86. The number of nitrogens with zero attached hydrogens (tertiary/aromatic N) is 1. The van der Waals surface area contributed by atoms with Gasteiger partial charge in [-0.1, -0.05) is 18.2 Å². The SMILES string of the molecule is C[C@@H]1CCc2ccccc2N1S(C)(=O)=O. The van der Waals surface area contributed by atoms with Gasteiger partial charge >= 0.3 is 0 Å². The van der Waals surface area contributed by atoms with Gasteiger partial charge in [-0.2, -0.15) is 0 Å². The maximum Gasteiger partial charge on any atom is 0.232 e. The molecule has 1 aliphatic rings. The first kappa shape index (κ1) is 10.5. The zero-order valence-corrected chi connectivity index (χ0v) is 9.79. The first-order valence-corrected chi connectivity index (χ1v) is 6.92. The number of anilines is 1. The van der Waals surface area contributed by atoms with Crippen molar-refractivity contribution in [2.75, 3.05) is 10.6 Å². The van der Waals surface area contributed by atoms with E-state index >= 15 is 0 Å². The summed E-state index contributed by atoms with van der Waals surface area (Å²) in [5.74, 6) is 0. The number of benzene rings is 1. The summed E-state index contributed by atoms with van der Waals surface area (Å²) in [6, 6.07) is 7.78. The molecule has 3 nitrogen and oxygen atoms in total. The number of hydrogen-bond acceptors (Lipinski definition) is 2. The van der Waals surface area contributed by atoms with Gasteiger partial charge in [0.05, 0.1) is 11.9 Å². The summed E-state index contributed by atoms with van der Waals surface area (Å²) in [5.41, 5.74) is 1.97. The van der Waals surface area contributed by atoms with E-state index < -0.39 is 10.0 Å². The van der Waals surface area contributed by atoms with Crippen molar-refractivity contribution in [2.45, 2.75) is 25.8 Å². The molecule has 1 aliphatic heterocycles. The predicted octanol–water partition coefficient (Wildman–Crippen LogP) is 1.79. The van der Waals surface area contributed by atoms with E-state index in [1.165, 1.54) is 10.6 Å². The quantitative estimate of drug-likeness (QED) is 0.730. The van der Waals surface area contributed by atoms with E-state index in [1.54, 1.807) is 0 Å². The largest absolute Gasteiger partial charge is 0.267 e. The molecular weight excluding hydrogens is 210 g/mol. The van der Waals surface area contributed by atoms with E-state index in [0.29, 0.717) is 0 Å². The molecule has 2 rings (SSSR count). The molecule has 0 amide bonds. The van der Waals surface area contributed by atoms with Crippen LogP contribution in [0.5, 0.6) is 0 Å². The lowest BCUT2D eigenvalue weighted by Crippen LogP contribution is -2.41. The first-order chi connectivity index (χ1) is 7.00. The van der Waals surface area contributed by atoms with Crippen LogP contribution in [0.4, 0.5) is 5.69 Å². The molecule has 0 radical (unpaired) electrons. The Kier molecular flexibility index (Phi) is 2.46. The number of aryl methyl sites for hydroxylation is 1. The number of fused-ring (bicyclic) bond motifs is 1. The lowest BCUT2D eigenvalue weighted by molar-refractivity contribution is 0.568. The maximum absolute atomic E-state index is 11.7. The predicted molar refractivity (Wildman–Crippen MR) is 61.5 cm³/mol. The molecular formula is C11H15NO2S. The highest BCUT2D eigenvalue weighted by molar-refractivity contribution is 7.92. The van der Waals surface area contributed by atoms with E-state index in [4.69, 9.17) is 0 Å². The van der Waals surface area contributed by atoms with E-state index in [-0.39, 0.29) is 6.04 Å². The van der Waals surface area contributed by atoms with E-state index in [9.17, 15) is 8.42 Å². The third-order valence-corrected chi connectivity index (χ3v) is 4.09. The van der Waals surface area contributed by atoms with Crippen LogP contribution in [0.3, 0.4) is 0 Å². The van der Waals surface area contributed by atoms with Crippen LogP contribution in [0.15, 0.2) is 24.3 Å². The molecule has 1 atom stereocenters. The number of para-hydroxylation sites is 1. The molecule has 0 aromatic heterocycles. The summed E-state index contributed by atoms with van der Waals surface area (Å²) in [4.78, 5) is 0. The highest BCUT2D eigenvalue weighted by atomic mass is 32.2. The summed E-state index contributed by atoms with van der Waals surface area (Å²) in [6.45, 7) is 1.96. The Morgan fingerprint density at radius 1 is 1.33 bits per heavy atom. The van der Waals surface area contributed by atoms with Crippen molar-refractivity contribution in [3.8, 4) is 0 Å². The van der Waals surface area contributed by atoms with Crippen LogP contribution >= 0.6 is 0 Å². The van der Waals surface area contributed by atoms with Gasteiger partial charge in [0.15, 0.2) is 0 Å². The second kappa shape index (κ2) is 3.52. The van der Waals surface area contributed by atoms with Crippen molar-refractivity contribution in [2.24, 2.45) is 0 Å². The highest BCUT2D eigenvalue weighted by Gasteiger charge is 2.28. The molecule has 0 aliphatic carbocycles. The molecule has 4 heteroatoms. The number of rotatable bonds is 1. The number of hydrogen-bond donors (Lipinski definition) is 0. The Bertz CT molecular complexity index is 467. The van der Waals surface area contributed by atoms with Crippen LogP contribution in [0.2, 0.25) is 0 Å². The van der Waals surface area contributed by atoms with E-state index in [0.717, 1.165) is 24.1 Å². The Morgan fingerprint density at radius 2 is 2.00 bits per heavy atom.